The van der Waals surface area contributed by atoms with Crippen LogP contribution in [-0.4, -0.2) is 30.1 Å². The summed E-state index contributed by atoms with van der Waals surface area (Å²) in [6.45, 7) is 2.17. The topological polar surface area (TPSA) is 23.5 Å². The summed E-state index contributed by atoms with van der Waals surface area (Å²) in [4.78, 5) is 2.31. The van der Waals surface area contributed by atoms with E-state index in [1.807, 2.05) is 30.3 Å². The molecule has 1 fully saturated rings. The van der Waals surface area contributed by atoms with Crippen molar-refractivity contribution < 1.29 is 5.11 Å². The molecule has 1 aliphatic rings. The molecule has 0 radical (unpaired) electrons. The molecule has 0 spiro atoms. The minimum Gasteiger partial charge on any atom is -0.388 e. The van der Waals surface area contributed by atoms with Crippen LogP contribution >= 0.6 is 0 Å². The second kappa shape index (κ2) is 4.77. The highest BCUT2D eigenvalue weighted by molar-refractivity contribution is 5.18. The fraction of sp³-hybridized carbons (Fsp3) is 0.538. The van der Waals surface area contributed by atoms with Crippen LogP contribution < -0.4 is 0 Å². The quantitative estimate of drug-likeness (QED) is 0.799. The van der Waals surface area contributed by atoms with Crippen molar-refractivity contribution in [3.63, 3.8) is 0 Å². The molecule has 82 valence electrons. The molecule has 0 saturated carbocycles. The van der Waals surface area contributed by atoms with Crippen molar-refractivity contribution in [2.24, 2.45) is 5.92 Å². The van der Waals surface area contributed by atoms with E-state index in [9.17, 15) is 5.11 Å². The predicted molar refractivity (Wildman–Crippen MR) is 61.6 cm³/mol. The van der Waals surface area contributed by atoms with E-state index in [1.54, 1.807) is 0 Å². The zero-order valence-electron chi connectivity index (χ0n) is 9.26. The number of hydrogen-bond donors (Lipinski definition) is 1. The van der Waals surface area contributed by atoms with Crippen molar-refractivity contribution >= 4 is 0 Å². The van der Waals surface area contributed by atoms with Gasteiger partial charge in [0, 0.05) is 12.5 Å². The summed E-state index contributed by atoms with van der Waals surface area (Å²) in [6.07, 6.45) is 2.04. The third-order valence-electron chi connectivity index (χ3n) is 3.25. The molecule has 0 bridgehead atoms. The molecule has 1 aromatic rings. The molecule has 0 unspecified atom stereocenters. The molecule has 2 rings (SSSR count). The highest BCUT2D eigenvalue weighted by atomic mass is 16.3. The van der Waals surface area contributed by atoms with Crippen LogP contribution in [0, 0.1) is 5.92 Å². The largest absolute Gasteiger partial charge is 0.388 e. The average Bonchev–Trinajstić information content (AvgIpc) is 2.29. The van der Waals surface area contributed by atoms with Gasteiger partial charge in [-0.05, 0) is 32.0 Å². The molecule has 2 nitrogen and oxygen atoms in total. The van der Waals surface area contributed by atoms with Crippen LogP contribution in [0.1, 0.15) is 24.5 Å². The van der Waals surface area contributed by atoms with Crippen LogP contribution in [0.15, 0.2) is 30.3 Å². The Morgan fingerprint density at radius 3 is 2.73 bits per heavy atom. The standard InChI is InChI=1S/C13H19NO/c1-14-9-5-8-12(10-14)13(15)11-6-3-2-4-7-11/h2-4,6-7,12-13,15H,5,8-10H2,1H3/t12-,13+/m0/s1. The summed E-state index contributed by atoms with van der Waals surface area (Å²) in [6, 6.07) is 10.00. The van der Waals surface area contributed by atoms with Gasteiger partial charge in [0.25, 0.3) is 0 Å². The van der Waals surface area contributed by atoms with Gasteiger partial charge in [0.05, 0.1) is 6.10 Å². The fourth-order valence-corrected chi connectivity index (χ4v) is 2.39. The highest BCUT2D eigenvalue weighted by Crippen LogP contribution is 2.28. The maximum atomic E-state index is 10.2. The molecule has 1 aromatic carbocycles. The lowest BCUT2D eigenvalue weighted by molar-refractivity contribution is 0.0592. The zero-order chi connectivity index (χ0) is 10.7. The molecular weight excluding hydrogens is 186 g/mol. The lowest BCUT2D eigenvalue weighted by atomic mass is 9.89. The van der Waals surface area contributed by atoms with Gasteiger partial charge in [0.1, 0.15) is 0 Å². The van der Waals surface area contributed by atoms with Crippen molar-refractivity contribution in [2.75, 3.05) is 20.1 Å². The summed E-state index contributed by atoms with van der Waals surface area (Å²) < 4.78 is 0. The van der Waals surface area contributed by atoms with Crippen molar-refractivity contribution in [1.29, 1.82) is 0 Å². The maximum absolute atomic E-state index is 10.2. The minimum absolute atomic E-state index is 0.297. The molecule has 15 heavy (non-hydrogen) atoms. The smallest absolute Gasteiger partial charge is 0.0830 e. The molecule has 0 aromatic heterocycles. The molecular formula is C13H19NO. The number of benzene rings is 1. The van der Waals surface area contributed by atoms with Crippen molar-refractivity contribution in [1.82, 2.24) is 4.90 Å². The number of hydrogen-bond acceptors (Lipinski definition) is 2. The number of aliphatic hydroxyl groups is 1. The first-order valence-electron chi connectivity index (χ1n) is 5.69. The Morgan fingerprint density at radius 2 is 2.07 bits per heavy atom. The van der Waals surface area contributed by atoms with Gasteiger partial charge in [-0.1, -0.05) is 30.3 Å². The van der Waals surface area contributed by atoms with Crippen LogP contribution in [0.5, 0.6) is 0 Å². The number of rotatable bonds is 2. The average molecular weight is 205 g/mol. The molecule has 1 heterocycles. The molecule has 2 heteroatoms. The van der Waals surface area contributed by atoms with E-state index in [4.69, 9.17) is 0 Å². The second-order valence-electron chi connectivity index (χ2n) is 4.52. The normalized spacial score (nSPS) is 25.1. The van der Waals surface area contributed by atoms with Gasteiger partial charge in [-0.3, -0.25) is 0 Å². The minimum atomic E-state index is -0.297. The SMILES string of the molecule is CN1CCC[C@H]([C@H](O)c2ccccc2)C1. The molecule has 0 amide bonds. The third-order valence-corrected chi connectivity index (χ3v) is 3.25. The Morgan fingerprint density at radius 1 is 1.33 bits per heavy atom. The van der Waals surface area contributed by atoms with Gasteiger partial charge in [-0.15, -0.1) is 0 Å². The number of nitrogens with zero attached hydrogens (tertiary/aromatic N) is 1. The number of likely N-dealkylation sites (tertiary alicyclic amines) is 1. The first-order valence-corrected chi connectivity index (χ1v) is 5.69. The van der Waals surface area contributed by atoms with E-state index in [0.717, 1.165) is 25.1 Å². The van der Waals surface area contributed by atoms with Gasteiger partial charge in [0.15, 0.2) is 0 Å². The zero-order valence-corrected chi connectivity index (χ0v) is 9.26. The third kappa shape index (κ3) is 2.58. The monoisotopic (exact) mass is 205 g/mol. The molecule has 0 aliphatic carbocycles. The second-order valence-corrected chi connectivity index (χ2v) is 4.52. The van der Waals surface area contributed by atoms with Crippen LogP contribution in [0.2, 0.25) is 0 Å². The van der Waals surface area contributed by atoms with Gasteiger partial charge in [0.2, 0.25) is 0 Å². The van der Waals surface area contributed by atoms with Crippen LogP contribution in [-0.2, 0) is 0 Å². The Labute approximate surface area is 91.5 Å². The molecule has 1 saturated heterocycles. The molecule has 1 aliphatic heterocycles. The lowest BCUT2D eigenvalue weighted by Gasteiger charge is -2.32. The summed E-state index contributed by atoms with van der Waals surface area (Å²) in [5, 5.41) is 10.2. The highest BCUT2D eigenvalue weighted by Gasteiger charge is 2.24. The predicted octanol–water partition coefficient (Wildman–Crippen LogP) is 2.06. The first kappa shape index (κ1) is 10.7. The number of piperidine rings is 1. The molecule has 2 atom stereocenters. The van der Waals surface area contributed by atoms with Crippen molar-refractivity contribution in [2.45, 2.75) is 18.9 Å². The van der Waals surface area contributed by atoms with Gasteiger partial charge in [-0.25, -0.2) is 0 Å². The van der Waals surface area contributed by atoms with E-state index in [-0.39, 0.29) is 6.10 Å². The summed E-state index contributed by atoms with van der Waals surface area (Å²) in [5.74, 6) is 0.395. The van der Waals surface area contributed by atoms with Crippen LogP contribution in [0.25, 0.3) is 0 Å². The van der Waals surface area contributed by atoms with Crippen LogP contribution in [0.3, 0.4) is 0 Å². The van der Waals surface area contributed by atoms with E-state index in [2.05, 4.69) is 11.9 Å². The van der Waals surface area contributed by atoms with Gasteiger partial charge in [-0.2, -0.15) is 0 Å². The van der Waals surface area contributed by atoms with E-state index in [1.165, 1.54) is 6.42 Å². The summed E-state index contributed by atoms with van der Waals surface area (Å²) in [7, 11) is 2.13. The Hall–Kier alpha value is -0.860. The van der Waals surface area contributed by atoms with E-state index < -0.39 is 0 Å². The summed E-state index contributed by atoms with van der Waals surface area (Å²) in [5.41, 5.74) is 1.05. The van der Waals surface area contributed by atoms with Crippen LogP contribution in [0.4, 0.5) is 0 Å². The van der Waals surface area contributed by atoms with E-state index >= 15 is 0 Å². The lowest BCUT2D eigenvalue weighted by Crippen LogP contribution is -2.35. The van der Waals surface area contributed by atoms with Gasteiger partial charge >= 0.3 is 0 Å². The Kier molecular flexibility index (Phi) is 3.39. The number of aliphatic hydroxyl groups excluding tert-OH is 1. The van der Waals surface area contributed by atoms with Crippen molar-refractivity contribution in [3.05, 3.63) is 35.9 Å². The fourth-order valence-electron chi connectivity index (χ4n) is 2.39. The Bertz CT molecular complexity index is 299. The summed E-state index contributed by atoms with van der Waals surface area (Å²) >= 11 is 0. The van der Waals surface area contributed by atoms with Gasteiger partial charge < -0.3 is 10.0 Å². The Balaban J connectivity index is 2.04. The van der Waals surface area contributed by atoms with Crippen molar-refractivity contribution in [3.8, 4) is 0 Å². The first-order chi connectivity index (χ1) is 7.27. The van der Waals surface area contributed by atoms with E-state index in [0.29, 0.717) is 5.92 Å². The maximum Gasteiger partial charge on any atom is 0.0830 e. The molecule has 1 N–H and O–H groups in total.